The predicted octanol–water partition coefficient (Wildman–Crippen LogP) is 1.45. The van der Waals surface area contributed by atoms with E-state index in [4.69, 9.17) is 4.42 Å². The molecular formula is C14H22N2O3S2. The monoisotopic (exact) mass is 330 g/mol. The molecule has 1 saturated heterocycles. The second-order valence-electron chi connectivity index (χ2n) is 5.91. The average Bonchev–Trinajstić information content (AvgIpc) is 3.16. The molecule has 1 N–H and O–H groups in total. The summed E-state index contributed by atoms with van der Waals surface area (Å²) in [6.07, 6.45) is 5.64. The van der Waals surface area contributed by atoms with E-state index in [-0.39, 0.29) is 0 Å². The first-order valence-electron chi connectivity index (χ1n) is 7.33. The highest BCUT2D eigenvalue weighted by Crippen LogP contribution is 2.23. The van der Waals surface area contributed by atoms with Gasteiger partial charge in [0.05, 0.1) is 12.8 Å². The number of hydrogen-bond donors (Lipinski definition) is 1. The summed E-state index contributed by atoms with van der Waals surface area (Å²) in [5.41, 5.74) is 1.14. The molecule has 2 aliphatic rings. The maximum Gasteiger partial charge on any atom is 0.164 e. The summed E-state index contributed by atoms with van der Waals surface area (Å²) in [4.78, 5) is 2.02. The zero-order valence-electron chi connectivity index (χ0n) is 12.2. The van der Waals surface area contributed by atoms with Crippen molar-refractivity contribution in [3.63, 3.8) is 0 Å². The van der Waals surface area contributed by atoms with Gasteiger partial charge < -0.3 is 9.73 Å². The molecule has 5 nitrogen and oxygen atoms in total. The van der Waals surface area contributed by atoms with Gasteiger partial charge in [-0.15, -0.1) is 0 Å². The number of nitrogens with one attached hydrogen (secondary N) is 1. The fourth-order valence-electron chi connectivity index (χ4n) is 2.54. The molecule has 3 rings (SSSR count). The van der Waals surface area contributed by atoms with Gasteiger partial charge in [0, 0.05) is 42.5 Å². The van der Waals surface area contributed by atoms with E-state index in [0.717, 1.165) is 30.2 Å². The van der Waals surface area contributed by atoms with Gasteiger partial charge in [0.2, 0.25) is 0 Å². The maximum absolute atomic E-state index is 11.9. The lowest BCUT2D eigenvalue weighted by molar-refractivity contribution is 0.240. The third-order valence-corrected chi connectivity index (χ3v) is 6.61. The van der Waals surface area contributed by atoms with Crippen LogP contribution in [0.3, 0.4) is 0 Å². The average molecular weight is 330 g/mol. The lowest BCUT2D eigenvalue weighted by Gasteiger charge is -2.33. The van der Waals surface area contributed by atoms with Gasteiger partial charge in [-0.25, -0.2) is 8.42 Å². The minimum Gasteiger partial charge on any atom is -0.468 e. The minimum absolute atomic E-state index is 0.394. The highest BCUT2D eigenvalue weighted by Gasteiger charge is 2.31. The molecule has 7 heteroatoms. The van der Waals surface area contributed by atoms with Gasteiger partial charge in [0.25, 0.3) is 0 Å². The molecule has 1 atom stereocenters. The Balaban J connectivity index is 1.61. The minimum atomic E-state index is -3.05. The highest BCUT2D eigenvalue weighted by atomic mass is 32.2. The number of furan rings is 1. The molecule has 21 heavy (non-hydrogen) atoms. The summed E-state index contributed by atoms with van der Waals surface area (Å²) < 4.78 is 29.4. The molecule has 0 bridgehead atoms. The molecule has 1 unspecified atom stereocenters. The van der Waals surface area contributed by atoms with Crippen molar-refractivity contribution in [2.75, 3.05) is 24.3 Å². The molecule has 2 fully saturated rings. The molecule has 1 aliphatic heterocycles. The molecule has 118 valence electrons. The van der Waals surface area contributed by atoms with Crippen LogP contribution in [0.5, 0.6) is 0 Å². The van der Waals surface area contributed by atoms with Crippen LogP contribution in [0.1, 0.15) is 24.2 Å². The quantitative estimate of drug-likeness (QED) is 0.852. The zero-order valence-corrected chi connectivity index (χ0v) is 13.9. The summed E-state index contributed by atoms with van der Waals surface area (Å²) in [7, 11) is -3.05. The molecule has 2 heterocycles. The fourth-order valence-corrected chi connectivity index (χ4v) is 5.48. The van der Waals surface area contributed by atoms with E-state index < -0.39 is 15.2 Å². The predicted molar refractivity (Wildman–Crippen MR) is 84.9 cm³/mol. The van der Waals surface area contributed by atoms with Crippen molar-refractivity contribution < 1.29 is 12.8 Å². The maximum atomic E-state index is 11.9. The molecule has 1 aromatic rings. The Hall–Kier alpha value is -0.500. The van der Waals surface area contributed by atoms with Crippen molar-refractivity contribution >= 4 is 21.6 Å². The third-order valence-electron chi connectivity index (χ3n) is 3.92. The number of thioether (sulfide) groups is 1. The second-order valence-corrected chi connectivity index (χ2v) is 9.26. The molecule has 1 saturated carbocycles. The summed E-state index contributed by atoms with van der Waals surface area (Å²) >= 11 is 1.71. The first kappa shape index (κ1) is 15.4. The van der Waals surface area contributed by atoms with E-state index >= 15 is 0 Å². The fraction of sp³-hybridized carbons (Fsp3) is 0.714. The molecule has 0 radical (unpaired) electrons. The summed E-state index contributed by atoms with van der Waals surface area (Å²) in [5, 5.41) is 3.06. The van der Waals surface area contributed by atoms with Crippen molar-refractivity contribution in [1.29, 1.82) is 0 Å². The van der Waals surface area contributed by atoms with E-state index in [0.29, 0.717) is 18.3 Å². The Kier molecular flexibility index (Phi) is 4.63. The normalized spacial score (nSPS) is 24.3. The molecule has 0 aromatic carbocycles. The van der Waals surface area contributed by atoms with Crippen LogP contribution in [0, 0.1) is 0 Å². The van der Waals surface area contributed by atoms with E-state index in [1.54, 1.807) is 18.0 Å². The van der Waals surface area contributed by atoms with Crippen LogP contribution in [0.25, 0.3) is 0 Å². The van der Waals surface area contributed by atoms with E-state index in [2.05, 4.69) is 5.32 Å². The Morgan fingerprint density at radius 3 is 3.00 bits per heavy atom. The van der Waals surface area contributed by atoms with Crippen LogP contribution in [-0.4, -0.2) is 49.0 Å². The third kappa shape index (κ3) is 4.25. The van der Waals surface area contributed by atoms with Crippen LogP contribution in [0.4, 0.5) is 0 Å². The molecule has 0 spiro atoms. The summed E-state index contributed by atoms with van der Waals surface area (Å²) in [6, 6.07) is 2.72. The van der Waals surface area contributed by atoms with E-state index in [9.17, 15) is 8.42 Å². The van der Waals surface area contributed by atoms with Gasteiger partial charge in [-0.1, -0.05) is 0 Å². The first-order chi connectivity index (χ1) is 10.0. The van der Waals surface area contributed by atoms with Gasteiger partial charge in [-0.05, 0) is 18.9 Å². The van der Waals surface area contributed by atoms with Crippen molar-refractivity contribution in [2.45, 2.75) is 37.3 Å². The van der Waals surface area contributed by atoms with Gasteiger partial charge >= 0.3 is 0 Å². The van der Waals surface area contributed by atoms with Crippen molar-refractivity contribution in [2.24, 2.45) is 0 Å². The number of nitrogens with zero attached hydrogens (tertiary/aromatic N) is 1. The van der Waals surface area contributed by atoms with Crippen LogP contribution in [0.2, 0.25) is 0 Å². The SMILES string of the molecule is CS(=O)(=O)C1CSCCN1Cc1cc(CNC2CC2)co1. The van der Waals surface area contributed by atoms with Crippen LogP contribution < -0.4 is 5.32 Å². The van der Waals surface area contributed by atoms with Crippen molar-refractivity contribution in [3.8, 4) is 0 Å². The lowest BCUT2D eigenvalue weighted by Crippen LogP contribution is -2.46. The number of sulfone groups is 1. The van der Waals surface area contributed by atoms with Gasteiger partial charge in [0.15, 0.2) is 9.84 Å². The highest BCUT2D eigenvalue weighted by molar-refractivity contribution is 8.00. The van der Waals surface area contributed by atoms with Gasteiger partial charge in [0.1, 0.15) is 11.1 Å². The Morgan fingerprint density at radius 2 is 2.29 bits per heavy atom. The van der Waals surface area contributed by atoms with Gasteiger partial charge in [-0.3, -0.25) is 4.90 Å². The molecule has 0 amide bonds. The smallest absolute Gasteiger partial charge is 0.164 e. The van der Waals surface area contributed by atoms with Crippen LogP contribution in [-0.2, 0) is 22.9 Å². The molecule has 1 aromatic heterocycles. The molecule has 1 aliphatic carbocycles. The van der Waals surface area contributed by atoms with Gasteiger partial charge in [-0.2, -0.15) is 11.8 Å². The zero-order chi connectivity index (χ0) is 14.9. The number of hydrogen-bond acceptors (Lipinski definition) is 6. The summed E-state index contributed by atoms with van der Waals surface area (Å²) in [6.45, 7) is 2.19. The number of rotatable bonds is 6. The standard InChI is InChI=1S/C14H22N2O3S2/c1-21(17,18)14-10-20-5-4-16(14)8-13-6-11(9-19-13)7-15-12-2-3-12/h6,9,12,14-15H,2-5,7-8,10H2,1H3. The largest absolute Gasteiger partial charge is 0.468 e. The lowest BCUT2D eigenvalue weighted by atomic mass is 10.3. The van der Waals surface area contributed by atoms with Crippen molar-refractivity contribution in [3.05, 3.63) is 23.7 Å². The van der Waals surface area contributed by atoms with Crippen LogP contribution in [0.15, 0.2) is 16.7 Å². The van der Waals surface area contributed by atoms with Crippen molar-refractivity contribution in [1.82, 2.24) is 10.2 Å². The van der Waals surface area contributed by atoms with E-state index in [1.807, 2.05) is 11.0 Å². The Bertz CT molecular complexity index is 581. The van der Waals surface area contributed by atoms with E-state index in [1.165, 1.54) is 19.1 Å². The topological polar surface area (TPSA) is 62.6 Å². The Morgan fingerprint density at radius 1 is 1.48 bits per heavy atom. The second kappa shape index (κ2) is 6.32. The first-order valence-corrected chi connectivity index (χ1v) is 10.4. The molecular weight excluding hydrogens is 308 g/mol. The summed E-state index contributed by atoms with van der Waals surface area (Å²) in [5.74, 6) is 2.47. The Labute approximate surface area is 130 Å². The van der Waals surface area contributed by atoms with Crippen LogP contribution >= 0.6 is 11.8 Å².